The minimum absolute atomic E-state index is 0.138. The van der Waals surface area contributed by atoms with Crippen molar-refractivity contribution in [2.45, 2.75) is 19.4 Å². The summed E-state index contributed by atoms with van der Waals surface area (Å²) in [5.41, 5.74) is 2.76. The molecule has 0 spiro atoms. The molecule has 1 N–H and O–H groups in total. The number of thiophene rings is 1. The maximum atomic E-state index is 12.4. The molecule has 1 aromatic carbocycles. The molecule has 2 heterocycles. The number of anilines is 2. The highest BCUT2D eigenvalue weighted by Gasteiger charge is 2.27. The average Bonchev–Trinajstić information content (AvgIpc) is 3.12. The molecule has 1 aliphatic heterocycles. The van der Waals surface area contributed by atoms with Crippen LogP contribution in [0.4, 0.5) is 10.7 Å². The van der Waals surface area contributed by atoms with Gasteiger partial charge in [-0.1, -0.05) is 18.2 Å². The van der Waals surface area contributed by atoms with E-state index >= 15 is 0 Å². The number of carbonyl (C=O) groups is 2. The quantitative estimate of drug-likeness (QED) is 0.876. The van der Waals surface area contributed by atoms with Crippen molar-refractivity contribution in [1.29, 1.82) is 0 Å². The Morgan fingerprint density at radius 1 is 1.35 bits per heavy atom. The zero-order chi connectivity index (χ0) is 16.4. The number of amides is 1. The molecule has 0 radical (unpaired) electrons. The van der Waals surface area contributed by atoms with Crippen LogP contribution >= 0.6 is 11.3 Å². The maximum absolute atomic E-state index is 12.4. The number of hydrogen-bond donors (Lipinski definition) is 1. The summed E-state index contributed by atoms with van der Waals surface area (Å²) in [6.45, 7) is 2.37. The van der Waals surface area contributed by atoms with E-state index in [4.69, 9.17) is 4.74 Å². The monoisotopic (exact) mass is 330 g/mol. The van der Waals surface area contributed by atoms with E-state index in [1.807, 2.05) is 18.2 Å². The van der Waals surface area contributed by atoms with Crippen LogP contribution in [0.15, 0.2) is 35.7 Å². The number of nitrogens with one attached hydrogen (secondary N) is 1. The van der Waals surface area contributed by atoms with E-state index in [2.05, 4.69) is 23.2 Å². The van der Waals surface area contributed by atoms with Gasteiger partial charge in [0.2, 0.25) is 5.91 Å². The minimum Gasteiger partial charge on any atom is -0.465 e. The van der Waals surface area contributed by atoms with Crippen molar-refractivity contribution >= 4 is 33.9 Å². The van der Waals surface area contributed by atoms with Gasteiger partial charge in [0.05, 0.1) is 19.2 Å². The van der Waals surface area contributed by atoms with Crippen molar-refractivity contribution in [2.75, 3.05) is 23.9 Å². The predicted molar refractivity (Wildman–Crippen MR) is 91.2 cm³/mol. The summed E-state index contributed by atoms with van der Waals surface area (Å²) in [7, 11) is 1.33. The van der Waals surface area contributed by atoms with Gasteiger partial charge < -0.3 is 15.0 Å². The Balaban J connectivity index is 1.71. The van der Waals surface area contributed by atoms with Crippen LogP contribution in [0.3, 0.4) is 0 Å². The third-order valence-electron chi connectivity index (χ3n) is 3.99. The molecule has 1 unspecified atom stereocenters. The fraction of sp³-hybridized carbons (Fsp3) is 0.294. The van der Waals surface area contributed by atoms with Gasteiger partial charge in [0, 0.05) is 11.7 Å². The maximum Gasteiger partial charge on any atom is 0.340 e. The van der Waals surface area contributed by atoms with Crippen LogP contribution in [0.25, 0.3) is 0 Å². The molecule has 1 aliphatic rings. The molecule has 5 nitrogen and oxygen atoms in total. The molecule has 120 valence electrons. The zero-order valence-electron chi connectivity index (χ0n) is 13.0. The number of hydrogen-bond acceptors (Lipinski definition) is 5. The van der Waals surface area contributed by atoms with E-state index in [0.29, 0.717) is 10.6 Å². The molecular weight excluding hydrogens is 312 g/mol. The standard InChI is InChI=1S/C17H18N2O3S/c1-11-9-12-5-3-4-6-14(12)19(11)10-15(20)18-16-13(7-8-23-16)17(21)22-2/h3-8,11H,9-10H2,1-2H3,(H,18,20). The first-order valence-electron chi connectivity index (χ1n) is 7.40. The second-order valence-electron chi connectivity index (χ2n) is 5.51. The lowest BCUT2D eigenvalue weighted by Gasteiger charge is -2.24. The zero-order valence-corrected chi connectivity index (χ0v) is 13.9. The minimum atomic E-state index is -0.443. The second kappa shape index (κ2) is 6.42. The van der Waals surface area contributed by atoms with Crippen LogP contribution < -0.4 is 10.2 Å². The summed E-state index contributed by atoms with van der Waals surface area (Å²) in [6, 6.07) is 10.1. The van der Waals surface area contributed by atoms with Crippen LogP contribution in [0.5, 0.6) is 0 Å². The fourth-order valence-electron chi connectivity index (χ4n) is 2.87. The molecule has 1 aromatic heterocycles. The van der Waals surface area contributed by atoms with Gasteiger partial charge in [0.15, 0.2) is 0 Å². The van der Waals surface area contributed by atoms with Crippen LogP contribution in [-0.4, -0.2) is 31.6 Å². The lowest BCUT2D eigenvalue weighted by molar-refractivity contribution is -0.115. The number of nitrogens with zero attached hydrogens (tertiary/aromatic N) is 1. The van der Waals surface area contributed by atoms with Gasteiger partial charge in [-0.15, -0.1) is 11.3 Å². The van der Waals surface area contributed by atoms with Crippen molar-refractivity contribution in [3.8, 4) is 0 Å². The highest BCUT2D eigenvalue weighted by Crippen LogP contribution is 2.31. The Labute approximate surface area is 138 Å². The van der Waals surface area contributed by atoms with Crippen molar-refractivity contribution in [1.82, 2.24) is 0 Å². The number of ether oxygens (including phenoxy) is 1. The van der Waals surface area contributed by atoms with Crippen molar-refractivity contribution < 1.29 is 14.3 Å². The number of benzene rings is 1. The van der Waals surface area contributed by atoms with E-state index in [1.54, 1.807) is 11.4 Å². The molecule has 1 atom stereocenters. The van der Waals surface area contributed by atoms with Crippen molar-refractivity contribution in [3.05, 3.63) is 46.8 Å². The molecule has 1 amide bonds. The van der Waals surface area contributed by atoms with Crippen molar-refractivity contribution in [3.63, 3.8) is 0 Å². The summed E-state index contributed by atoms with van der Waals surface area (Å²) >= 11 is 1.31. The SMILES string of the molecule is COC(=O)c1ccsc1NC(=O)CN1c2ccccc2CC1C. The van der Waals surface area contributed by atoms with Gasteiger partial charge in [-0.3, -0.25) is 4.79 Å². The summed E-state index contributed by atoms with van der Waals surface area (Å²) in [6.07, 6.45) is 0.940. The van der Waals surface area contributed by atoms with Gasteiger partial charge >= 0.3 is 5.97 Å². The Kier molecular flexibility index (Phi) is 4.34. The molecular formula is C17H18N2O3S. The predicted octanol–water partition coefficient (Wildman–Crippen LogP) is 2.92. The van der Waals surface area contributed by atoms with E-state index in [-0.39, 0.29) is 18.5 Å². The fourth-order valence-corrected chi connectivity index (χ4v) is 3.66. The topological polar surface area (TPSA) is 58.6 Å². The van der Waals surface area contributed by atoms with E-state index in [9.17, 15) is 9.59 Å². The Morgan fingerprint density at radius 3 is 2.91 bits per heavy atom. The smallest absolute Gasteiger partial charge is 0.340 e. The first kappa shape index (κ1) is 15.6. The number of esters is 1. The second-order valence-corrected chi connectivity index (χ2v) is 6.43. The molecule has 0 bridgehead atoms. The first-order valence-corrected chi connectivity index (χ1v) is 8.28. The molecule has 2 aromatic rings. The average molecular weight is 330 g/mol. The van der Waals surface area contributed by atoms with Gasteiger partial charge in [0.25, 0.3) is 0 Å². The third-order valence-corrected chi connectivity index (χ3v) is 4.82. The summed E-state index contributed by atoms with van der Waals surface area (Å²) < 4.78 is 4.72. The molecule has 23 heavy (non-hydrogen) atoms. The normalized spacial score (nSPS) is 16.1. The highest BCUT2D eigenvalue weighted by atomic mass is 32.1. The summed E-state index contributed by atoms with van der Waals surface area (Å²) in [5.74, 6) is -0.581. The van der Waals surface area contributed by atoms with Crippen LogP contribution in [0, 0.1) is 0 Å². The highest BCUT2D eigenvalue weighted by molar-refractivity contribution is 7.14. The van der Waals surface area contributed by atoms with Gasteiger partial charge in [-0.2, -0.15) is 0 Å². The van der Waals surface area contributed by atoms with E-state index < -0.39 is 5.97 Å². The summed E-state index contributed by atoms with van der Waals surface area (Å²) in [5, 5.41) is 5.11. The number of fused-ring (bicyclic) bond motifs is 1. The number of para-hydroxylation sites is 1. The molecule has 0 saturated heterocycles. The van der Waals surface area contributed by atoms with E-state index in [0.717, 1.165) is 12.1 Å². The van der Waals surface area contributed by atoms with Crippen LogP contribution in [0.1, 0.15) is 22.8 Å². The van der Waals surface area contributed by atoms with E-state index in [1.165, 1.54) is 24.0 Å². The number of rotatable bonds is 4. The van der Waals surface area contributed by atoms with Crippen molar-refractivity contribution in [2.24, 2.45) is 0 Å². The Morgan fingerprint density at radius 2 is 2.13 bits per heavy atom. The lowest BCUT2D eigenvalue weighted by Crippen LogP contribution is -2.37. The van der Waals surface area contributed by atoms with Crippen LogP contribution in [0.2, 0.25) is 0 Å². The number of carbonyl (C=O) groups excluding carboxylic acids is 2. The first-order chi connectivity index (χ1) is 11.1. The summed E-state index contributed by atoms with van der Waals surface area (Å²) in [4.78, 5) is 26.1. The van der Waals surface area contributed by atoms with Gasteiger partial charge in [-0.25, -0.2) is 4.79 Å². The third kappa shape index (κ3) is 3.07. The molecule has 0 aliphatic carbocycles. The van der Waals surface area contributed by atoms with Crippen LogP contribution in [-0.2, 0) is 16.0 Å². The van der Waals surface area contributed by atoms with Gasteiger partial charge in [-0.05, 0) is 36.4 Å². The lowest BCUT2D eigenvalue weighted by atomic mass is 10.1. The van der Waals surface area contributed by atoms with Gasteiger partial charge in [0.1, 0.15) is 5.00 Å². The Hall–Kier alpha value is -2.34. The molecule has 3 rings (SSSR count). The number of methoxy groups -OCH3 is 1. The largest absolute Gasteiger partial charge is 0.465 e. The molecule has 6 heteroatoms. The molecule has 0 saturated carbocycles. The molecule has 0 fully saturated rings. The Bertz CT molecular complexity index is 741.